The third-order valence-electron chi connectivity index (χ3n) is 3.40. The van der Waals surface area contributed by atoms with E-state index in [2.05, 4.69) is 28.0 Å². The Morgan fingerprint density at radius 3 is 3.22 bits per heavy atom. The number of aromatic nitrogens is 2. The van der Waals surface area contributed by atoms with Crippen LogP contribution in [0.3, 0.4) is 0 Å². The summed E-state index contributed by atoms with van der Waals surface area (Å²) in [5.74, 6) is 0. The minimum absolute atomic E-state index is 0.461. The number of nitrogens with zero attached hydrogens (tertiary/aromatic N) is 2. The maximum Gasteiger partial charge on any atom is 0.0949 e. The Kier molecular flexibility index (Phi) is 5.68. The third kappa shape index (κ3) is 4.42. The molecule has 1 atom stereocenters. The fourth-order valence-electron chi connectivity index (χ4n) is 2.34. The molecule has 1 saturated heterocycles. The molecule has 0 aromatic carbocycles. The summed E-state index contributed by atoms with van der Waals surface area (Å²) in [5, 5.41) is 3.37. The lowest BCUT2D eigenvalue weighted by Gasteiger charge is -2.22. The van der Waals surface area contributed by atoms with Gasteiger partial charge in [-0.3, -0.25) is 0 Å². The molecule has 0 radical (unpaired) electrons. The van der Waals surface area contributed by atoms with Crippen LogP contribution >= 0.6 is 0 Å². The van der Waals surface area contributed by atoms with E-state index in [0.29, 0.717) is 6.10 Å². The zero-order valence-electron chi connectivity index (χ0n) is 11.4. The van der Waals surface area contributed by atoms with Crippen molar-refractivity contribution in [1.82, 2.24) is 14.9 Å². The van der Waals surface area contributed by atoms with Gasteiger partial charge < -0.3 is 14.6 Å². The van der Waals surface area contributed by atoms with Crippen molar-refractivity contribution in [2.45, 2.75) is 58.2 Å². The first-order valence-electron chi connectivity index (χ1n) is 7.21. The summed E-state index contributed by atoms with van der Waals surface area (Å²) in [6, 6.07) is 0. The van der Waals surface area contributed by atoms with Gasteiger partial charge >= 0.3 is 0 Å². The molecule has 1 aromatic rings. The summed E-state index contributed by atoms with van der Waals surface area (Å²) in [6.07, 6.45) is 10.6. The van der Waals surface area contributed by atoms with Crippen LogP contribution in [-0.4, -0.2) is 28.8 Å². The largest absolute Gasteiger partial charge is 0.378 e. The van der Waals surface area contributed by atoms with Gasteiger partial charge in [0.25, 0.3) is 0 Å². The van der Waals surface area contributed by atoms with E-state index in [1.165, 1.54) is 25.7 Å². The highest BCUT2D eigenvalue weighted by molar-refractivity contribution is 4.96. The van der Waals surface area contributed by atoms with E-state index in [4.69, 9.17) is 4.74 Å². The predicted octanol–water partition coefficient (Wildman–Crippen LogP) is 2.34. The van der Waals surface area contributed by atoms with E-state index in [0.717, 1.165) is 38.4 Å². The molecule has 102 valence electrons. The maximum atomic E-state index is 5.74. The van der Waals surface area contributed by atoms with Gasteiger partial charge in [-0.15, -0.1) is 0 Å². The Morgan fingerprint density at radius 2 is 2.44 bits per heavy atom. The topological polar surface area (TPSA) is 39.1 Å². The Labute approximate surface area is 110 Å². The number of nitrogens with one attached hydrogen (secondary N) is 1. The molecular formula is C14H25N3O. The van der Waals surface area contributed by atoms with E-state index >= 15 is 0 Å². The van der Waals surface area contributed by atoms with Crippen LogP contribution in [0.1, 0.15) is 44.7 Å². The molecule has 0 aliphatic carbocycles. The molecule has 0 bridgehead atoms. The minimum atomic E-state index is 0.461. The van der Waals surface area contributed by atoms with Gasteiger partial charge in [0.2, 0.25) is 0 Å². The van der Waals surface area contributed by atoms with Crippen LogP contribution < -0.4 is 5.32 Å². The van der Waals surface area contributed by atoms with Crippen molar-refractivity contribution in [2.75, 3.05) is 13.2 Å². The van der Waals surface area contributed by atoms with Gasteiger partial charge in [-0.2, -0.15) is 0 Å². The minimum Gasteiger partial charge on any atom is -0.378 e. The molecule has 1 aliphatic heterocycles. The third-order valence-corrected chi connectivity index (χ3v) is 3.40. The quantitative estimate of drug-likeness (QED) is 0.756. The summed E-state index contributed by atoms with van der Waals surface area (Å²) in [7, 11) is 0. The van der Waals surface area contributed by atoms with Gasteiger partial charge in [0.15, 0.2) is 0 Å². The second-order valence-corrected chi connectivity index (χ2v) is 5.06. The van der Waals surface area contributed by atoms with E-state index in [1.807, 2.05) is 6.33 Å². The fraction of sp³-hybridized carbons (Fsp3) is 0.786. The zero-order valence-corrected chi connectivity index (χ0v) is 11.4. The van der Waals surface area contributed by atoms with Crippen LogP contribution in [-0.2, 0) is 17.8 Å². The van der Waals surface area contributed by atoms with Crippen molar-refractivity contribution in [2.24, 2.45) is 0 Å². The first-order chi connectivity index (χ1) is 8.88. The van der Waals surface area contributed by atoms with Gasteiger partial charge in [-0.1, -0.05) is 6.92 Å². The molecule has 0 amide bonds. The highest BCUT2D eigenvalue weighted by Crippen LogP contribution is 2.16. The molecule has 1 unspecified atom stereocenters. The Balaban J connectivity index is 1.69. The van der Waals surface area contributed by atoms with Crippen molar-refractivity contribution in [3.8, 4) is 0 Å². The Bertz CT molecular complexity index is 332. The lowest BCUT2D eigenvalue weighted by molar-refractivity contribution is 0.00880. The molecule has 0 spiro atoms. The lowest BCUT2D eigenvalue weighted by Crippen LogP contribution is -2.20. The monoisotopic (exact) mass is 251 g/mol. The second-order valence-electron chi connectivity index (χ2n) is 5.06. The highest BCUT2D eigenvalue weighted by atomic mass is 16.5. The summed E-state index contributed by atoms with van der Waals surface area (Å²) < 4.78 is 7.92. The van der Waals surface area contributed by atoms with Crippen LogP contribution in [0.25, 0.3) is 0 Å². The molecular weight excluding hydrogens is 226 g/mol. The summed E-state index contributed by atoms with van der Waals surface area (Å²) in [4.78, 5) is 4.41. The van der Waals surface area contributed by atoms with E-state index in [-0.39, 0.29) is 0 Å². The summed E-state index contributed by atoms with van der Waals surface area (Å²) in [5.41, 5.74) is 1.13. The average molecular weight is 251 g/mol. The second kappa shape index (κ2) is 7.54. The van der Waals surface area contributed by atoms with Gasteiger partial charge in [-0.25, -0.2) is 4.98 Å². The van der Waals surface area contributed by atoms with Crippen molar-refractivity contribution >= 4 is 0 Å². The van der Waals surface area contributed by atoms with Crippen LogP contribution in [0.2, 0.25) is 0 Å². The van der Waals surface area contributed by atoms with Gasteiger partial charge in [0.05, 0.1) is 18.1 Å². The molecule has 4 nitrogen and oxygen atoms in total. The Hall–Kier alpha value is -0.870. The van der Waals surface area contributed by atoms with Crippen LogP contribution in [0.15, 0.2) is 12.5 Å². The van der Waals surface area contributed by atoms with Crippen LogP contribution in [0.5, 0.6) is 0 Å². The van der Waals surface area contributed by atoms with Gasteiger partial charge in [-0.05, 0) is 38.6 Å². The van der Waals surface area contributed by atoms with Crippen molar-refractivity contribution in [3.63, 3.8) is 0 Å². The molecule has 1 aliphatic rings. The number of imidazole rings is 1. The lowest BCUT2D eigenvalue weighted by atomic mass is 10.1. The fourth-order valence-corrected chi connectivity index (χ4v) is 2.34. The molecule has 1 fully saturated rings. The SMILES string of the molecule is CCCNCc1cn(CCC2CCCCO2)cn1. The number of ether oxygens (including phenoxy) is 1. The van der Waals surface area contributed by atoms with Crippen molar-refractivity contribution in [1.29, 1.82) is 0 Å². The normalized spacial score (nSPS) is 20.2. The smallest absolute Gasteiger partial charge is 0.0949 e. The Morgan fingerprint density at radius 1 is 1.50 bits per heavy atom. The molecule has 1 aromatic heterocycles. The van der Waals surface area contributed by atoms with E-state index in [1.54, 1.807) is 0 Å². The maximum absolute atomic E-state index is 5.74. The van der Waals surface area contributed by atoms with Gasteiger partial charge in [0.1, 0.15) is 0 Å². The highest BCUT2D eigenvalue weighted by Gasteiger charge is 2.13. The first kappa shape index (κ1) is 13.6. The number of aryl methyl sites for hydroxylation is 1. The number of hydrogen-bond donors (Lipinski definition) is 1. The molecule has 4 heteroatoms. The molecule has 0 saturated carbocycles. The van der Waals surface area contributed by atoms with Crippen LogP contribution in [0.4, 0.5) is 0 Å². The molecule has 18 heavy (non-hydrogen) atoms. The standard InChI is InChI=1S/C14H25N3O/c1-2-7-15-10-13-11-17(12-16-13)8-6-14-5-3-4-9-18-14/h11-12,14-15H,2-10H2,1H3. The van der Waals surface area contributed by atoms with E-state index < -0.39 is 0 Å². The zero-order chi connectivity index (χ0) is 12.6. The molecule has 2 rings (SSSR count). The van der Waals surface area contributed by atoms with Crippen molar-refractivity contribution < 1.29 is 4.74 Å². The molecule has 2 heterocycles. The average Bonchev–Trinajstić information content (AvgIpc) is 2.86. The summed E-state index contributed by atoms with van der Waals surface area (Å²) >= 11 is 0. The van der Waals surface area contributed by atoms with Gasteiger partial charge in [0, 0.05) is 25.9 Å². The van der Waals surface area contributed by atoms with Crippen LogP contribution in [0, 0.1) is 0 Å². The number of hydrogen-bond acceptors (Lipinski definition) is 3. The number of rotatable bonds is 7. The summed E-state index contributed by atoms with van der Waals surface area (Å²) in [6.45, 7) is 6.07. The predicted molar refractivity (Wildman–Crippen MR) is 72.4 cm³/mol. The van der Waals surface area contributed by atoms with E-state index in [9.17, 15) is 0 Å². The first-order valence-corrected chi connectivity index (χ1v) is 7.21. The van der Waals surface area contributed by atoms with Crippen molar-refractivity contribution in [3.05, 3.63) is 18.2 Å². The molecule has 1 N–H and O–H groups in total.